The Morgan fingerprint density at radius 3 is 2.17 bits per heavy atom. The van der Waals surface area contributed by atoms with Gasteiger partial charge in [0.2, 0.25) is 0 Å². The predicted molar refractivity (Wildman–Crippen MR) is 157 cm³/mol. The monoisotopic (exact) mass is 573 g/mol. The Morgan fingerprint density at radius 1 is 0.902 bits per heavy atom. The van der Waals surface area contributed by atoms with E-state index in [1.807, 2.05) is 90.5 Å². The predicted octanol–water partition coefficient (Wildman–Crippen LogP) is 4.89. The molecule has 10 heteroatoms. The number of thioether (sulfide) groups is 1. The number of amides is 2. The number of hydrogen-bond acceptors (Lipinski definition) is 7. The van der Waals surface area contributed by atoms with Crippen LogP contribution in [0.5, 0.6) is 0 Å². The van der Waals surface area contributed by atoms with E-state index >= 15 is 0 Å². The van der Waals surface area contributed by atoms with Crippen LogP contribution < -0.4 is 10.6 Å². The van der Waals surface area contributed by atoms with Gasteiger partial charge in [-0.05, 0) is 22.3 Å². The second kappa shape index (κ2) is 13.8. The zero-order valence-electron chi connectivity index (χ0n) is 23.1. The van der Waals surface area contributed by atoms with Crippen LogP contribution in [-0.2, 0) is 36.2 Å². The fourth-order valence-electron chi connectivity index (χ4n) is 4.69. The van der Waals surface area contributed by atoms with Gasteiger partial charge in [-0.3, -0.25) is 0 Å². The molecular weight excluding hydrogens is 538 g/mol. The zero-order chi connectivity index (χ0) is 28.6. The maximum absolute atomic E-state index is 12.3. The van der Waals surface area contributed by atoms with Crippen molar-refractivity contribution in [1.29, 1.82) is 0 Å². The van der Waals surface area contributed by atoms with Crippen LogP contribution in [0.15, 0.2) is 90.3 Å². The minimum atomic E-state index is -0.560. The molecule has 0 bridgehead atoms. The van der Waals surface area contributed by atoms with Gasteiger partial charge in [0.1, 0.15) is 6.33 Å². The maximum atomic E-state index is 12.3. The number of nitrogens with zero attached hydrogens (tertiary/aromatic N) is 3. The molecule has 9 nitrogen and oxygen atoms in total. The van der Waals surface area contributed by atoms with Gasteiger partial charge in [-0.25, -0.2) is 4.79 Å². The highest BCUT2D eigenvalue weighted by atomic mass is 32.2. The summed E-state index contributed by atoms with van der Waals surface area (Å²) in [5.41, 5.74) is 4.82. The van der Waals surface area contributed by atoms with E-state index in [0.29, 0.717) is 18.8 Å². The van der Waals surface area contributed by atoms with Gasteiger partial charge in [-0.1, -0.05) is 97.5 Å². The Morgan fingerprint density at radius 2 is 1.54 bits per heavy atom. The molecule has 3 N–H and O–H groups in total. The normalized spacial score (nSPS) is 20.5. The number of ether oxygens (including phenoxy) is 2. The van der Waals surface area contributed by atoms with E-state index < -0.39 is 6.29 Å². The largest absolute Gasteiger partial charge is 0.392 e. The summed E-state index contributed by atoms with van der Waals surface area (Å²) in [4.78, 5) is 12.3. The standard InChI is InChI=1S/C31H35N5O4S/c1-21-27(19-41-31-35-34-20-36(31)2)39-29(40-28(21)25-12-10-24(18-37)11-13-25)26-14-8-23(9-15-26)17-33-30(38)32-16-22-6-4-3-5-7-22/h3-15,20-21,27-29,37H,16-19H2,1-2H3,(H2,32,33,38)/t21-,27+,28+,29+/m0/s1. The first-order chi connectivity index (χ1) is 20.0. The molecule has 3 aromatic carbocycles. The first kappa shape index (κ1) is 28.8. The first-order valence-electron chi connectivity index (χ1n) is 13.6. The number of aryl methyl sites for hydroxylation is 1. The van der Waals surface area contributed by atoms with Crippen molar-refractivity contribution in [2.45, 2.75) is 50.3 Å². The Labute approximate surface area is 244 Å². The van der Waals surface area contributed by atoms with E-state index in [2.05, 4.69) is 27.8 Å². The molecule has 0 radical (unpaired) electrons. The van der Waals surface area contributed by atoms with Gasteiger partial charge in [0.05, 0.1) is 18.8 Å². The van der Waals surface area contributed by atoms with Crippen LogP contribution in [0.4, 0.5) is 4.79 Å². The summed E-state index contributed by atoms with van der Waals surface area (Å²) in [5.74, 6) is 0.767. The van der Waals surface area contributed by atoms with Crippen LogP contribution in [-0.4, -0.2) is 37.8 Å². The van der Waals surface area contributed by atoms with E-state index in [4.69, 9.17) is 9.47 Å². The molecule has 4 atom stereocenters. The van der Waals surface area contributed by atoms with Crippen LogP contribution in [0.25, 0.3) is 0 Å². The summed E-state index contributed by atoms with van der Waals surface area (Å²) in [7, 11) is 1.92. The average Bonchev–Trinajstić information content (AvgIpc) is 3.43. The van der Waals surface area contributed by atoms with Gasteiger partial charge in [0.15, 0.2) is 11.4 Å². The number of carbonyl (C=O) groups excluding carboxylic acids is 1. The van der Waals surface area contributed by atoms with Gasteiger partial charge >= 0.3 is 6.03 Å². The second-order valence-corrected chi connectivity index (χ2v) is 11.1. The summed E-state index contributed by atoms with van der Waals surface area (Å²) >= 11 is 1.61. The van der Waals surface area contributed by atoms with E-state index in [9.17, 15) is 9.90 Å². The second-order valence-electron chi connectivity index (χ2n) is 10.1. The van der Waals surface area contributed by atoms with E-state index in [0.717, 1.165) is 33.0 Å². The first-order valence-corrected chi connectivity index (χ1v) is 14.6. The molecule has 1 aromatic heterocycles. The number of rotatable bonds is 10. The summed E-state index contributed by atoms with van der Waals surface area (Å²) in [6, 6.07) is 25.4. The number of urea groups is 1. The lowest BCUT2D eigenvalue weighted by Gasteiger charge is -2.41. The molecule has 0 spiro atoms. The van der Waals surface area contributed by atoms with Crippen molar-refractivity contribution in [2.24, 2.45) is 13.0 Å². The van der Waals surface area contributed by atoms with E-state index in [1.165, 1.54) is 0 Å². The molecule has 0 aliphatic carbocycles. The Bertz CT molecular complexity index is 1400. The number of aliphatic hydroxyl groups excluding tert-OH is 1. The molecule has 0 saturated carbocycles. The van der Waals surface area contributed by atoms with Crippen molar-refractivity contribution in [3.05, 3.63) is 113 Å². The van der Waals surface area contributed by atoms with Crippen LogP contribution >= 0.6 is 11.8 Å². The molecule has 1 aliphatic rings. The molecule has 1 fully saturated rings. The number of benzene rings is 3. The number of nitrogens with one attached hydrogen (secondary N) is 2. The molecule has 2 heterocycles. The van der Waals surface area contributed by atoms with Crippen molar-refractivity contribution < 1.29 is 19.4 Å². The summed E-state index contributed by atoms with van der Waals surface area (Å²) < 4.78 is 14.9. The fourth-order valence-corrected chi connectivity index (χ4v) is 5.74. The molecular formula is C31H35N5O4S. The highest BCUT2D eigenvalue weighted by molar-refractivity contribution is 7.99. The maximum Gasteiger partial charge on any atom is 0.315 e. The van der Waals surface area contributed by atoms with Crippen molar-refractivity contribution >= 4 is 17.8 Å². The highest BCUT2D eigenvalue weighted by Crippen LogP contribution is 2.42. The van der Waals surface area contributed by atoms with Crippen molar-refractivity contribution in [3.8, 4) is 0 Å². The number of hydrogen-bond donors (Lipinski definition) is 3. The Hall–Kier alpha value is -3.70. The lowest BCUT2D eigenvalue weighted by Crippen LogP contribution is -2.38. The fraction of sp³-hybridized carbons (Fsp3) is 0.323. The van der Waals surface area contributed by atoms with Crippen LogP contribution in [0.2, 0.25) is 0 Å². The van der Waals surface area contributed by atoms with Gasteiger partial charge in [-0.15, -0.1) is 10.2 Å². The summed E-state index contributed by atoms with van der Waals surface area (Å²) in [5, 5.41) is 24.3. The molecule has 0 unspecified atom stereocenters. The van der Waals surface area contributed by atoms with Crippen molar-refractivity contribution in [3.63, 3.8) is 0 Å². The molecule has 4 aromatic rings. The third-order valence-corrected chi connectivity index (χ3v) is 8.29. The number of carbonyl (C=O) groups is 1. The quantitative estimate of drug-likeness (QED) is 0.232. The minimum absolute atomic E-state index is 0.0000490. The van der Waals surface area contributed by atoms with Gasteiger partial charge in [0, 0.05) is 37.4 Å². The lowest BCUT2D eigenvalue weighted by atomic mass is 9.91. The smallest absolute Gasteiger partial charge is 0.315 e. The molecule has 1 saturated heterocycles. The zero-order valence-corrected chi connectivity index (χ0v) is 24.0. The van der Waals surface area contributed by atoms with Crippen LogP contribution in [0, 0.1) is 5.92 Å². The van der Waals surface area contributed by atoms with E-state index in [-0.39, 0.29) is 30.8 Å². The highest BCUT2D eigenvalue weighted by Gasteiger charge is 2.38. The Balaban J connectivity index is 1.24. The summed E-state index contributed by atoms with van der Waals surface area (Å²) in [6.45, 7) is 3.02. The Kier molecular flexibility index (Phi) is 9.68. The topological polar surface area (TPSA) is 111 Å². The third kappa shape index (κ3) is 7.53. The number of aliphatic hydroxyl groups is 1. The van der Waals surface area contributed by atoms with Crippen LogP contribution in [0.3, 0.4) is 0 Å². The lowest BCUT2D eigenvalue weighted by molar-refractivity contribution is -0.268. The number of aromatic nitrogens is 3. The van der Waals surface area contributed by atoms with Crippen LogP contribution in [0.1, 0.15) is 47.1 Å². The van der Waals surface area contributed by atoms with Crippen molar-refractivity contribution in [1.82, 2.24) is 25.4 Å². The molecule has 2 amide bonds. The molecule has 5 rings (SSSR count). The SMILES string of the molecule is C[C@H]1[C@@H](CSc2nncn2C)O[C@@H](c2ccc(CNC(=O)NCc3ccccc3)cc2)O[C@H]1c1ccc(CO)cc1. The van der Waals surface area contributed by atoms with Gasteiger partial charge in [-0.2, -0.15) is 0 Å². The third-order valence-electron chi connectivity index (χ3n) is 7.17. The van der Waals surface area contributed by atoms with Gasteiger partial charge in [0.25, 0.3) is 0 Å². The molecule has 214 valence electrons. The minimum Gasteiger partial charge on any atom is -0.392 e. The van der Waals surface area contributed by atoms with Gasteiger partial charge < -0.3 is 29.8 Å². The molecule has 1 aliphatic heterocycles. The van der Waals surface area contributed by atoms with E-state index in [1.54, 1.807) is 18.1 Å². The molecule has 41 heavy (non-hydrogen) atoms. The summed E-state index contributed by atoms with van der Waals surface area (Å²) in [6.07, 6.45) is 0.831. The van der Waals surface area contributed by atoms with Crippen molar-refractivity contribution in [2.75, 3.05) is 5.75 Å². The average molecular weight is 574 g/mol.